The van der Waals surface area contributed by atoms with Crippen LogP contribution in [-0.2, 0) is 6.42 Å². The van der Waals surface area contributed by atoms with Gasteiger partial charge in [0.2, 0.25) is 0 Å². The summed E-state index contributed by atoms with van der Waals surface area (Å²) in [5.41, 5.74) is 3.51. The number of amides is 2. The van der Waals surface area contributed by atoms with E-state index >= 15 is 0 Å². The molecule has 1 aliphatic rings. The van der Waals surface area contributed by atoms with E-state index in [-0.39, 0.29) is 11.8 Å². The molecule has 0 saturated heterocycles. The lowest BCUT2D eigenvalue weighted by molar-refractivity contribution is 0.0944. The highest BCUT2D eigenvalue weighted by Gasteiger charge is 2.20. The summed E-state index contributed by atoms with van der Waals surface area (Å²) in [4.78, 5) is 30.3. The van der Waals surface area contributed by atoms with Crippen LogP contribution in [0.5, 0.6) is 0 Å². The van der Waals surface area contributed by atoms with Gasteiger partial charge in [-0.25, -0.2) is 0 Å². The van der Waals surface area contributed by atoms with Crippen molar-refractivity contribution in [1.29, 1.82) is 0 Å². The lowest BCUT2D eigenvalue weighted by Crippen LogP contribution is -2.32. The van der Waals surface area contributed by atoms with Crippen LogP contribution >= 0.6 is 0 Å². The number of benzene rings is 1. The van der Waals surface area contributed by atoms with E-state index < -0.39 is 0 Å². The number of nitrogens with one attached hydrogen (secondary N) is 2. The van der Waals surface area contributed by atoms with Gasteiger partial charge in [0.05, 0.1) is 17.4 Å². The standard InChI is InChI=1S/C17H18N4O2/c1-21(2)12-8-11(9-18-10-12)16(22)20-15-5-3-4-14-13(15)6-7-19-17(14)23/h3-5,8-10H,6-7H2,1-2H3,(H,19,23)(H,20,22). The molecule has 0 radical (unpaired) electrons. The van der Waals surface area contributed by atoms with Crippen molar-refractivity contribution in [1.82, 2.24) is 10.3 Å². The molecule has 0 unspecified atom stereocenters. The average Bonchev–Trinajstić information content (AvgIpc) is 2.56. The maximum absolute atomic E-state index is 12.5. The Morgan fingerprint density at radius 1 is 1.30 bits per heavy atom. The van der Waals surface area contributed by atoms with Crippen LogP contribution < -0.4 is 15.5 Å². The van der Waals surface area contributed by atoms with E-state index in [1.54, 1.807) is 24.4 Å². The van der Waals surface area contributed by atoms with Gasteiger partial charge in [0.15, 0.2) is 0 Å². The minimum absolute atomic E-state index is 0.0985. The van der Waals surface area contributed by atoms with Crippen LogP contribution in [0, 0.1) is 0 Å². The minimum atomic E-state index is -0.236. The van der Waals surface area contributed by atoms with Gasteiger partial charge in [0.1, 0.15) is 0 Å². The number of aromatic nitrogens is 1. The SMILES string of the molecule is CN(C)c1cncc(C(=O)Nc2cccc3c2CCNC3=O)c1. The molecule has 1 aromatic carbocycles. The second-order valence-electron chi connectivity index (χ2n) is 5.62. The zero-order valence-electron chi connectivity index (χ0n) is 13.1. The molecule has 0 aliphatic carbocycles. The zero-order valence-corrected chi connectivity index (χ0v) is 13.1. The number of fused-ring (bicyclic) bond motifs is 1. The van der Waals surface area contributed by atoms with Gasteiger partial charge in [0, 0.05) is 38.1 Å². The molecule has 2 aromatic rings. The number of hydrogen-bond donors (Lipinski definition) is 2. The Kier molecular flexibility index (Phi) is 3.97. The highest BCUT2D eigenvalue weighted by Crippen LogP contribution is 2.24. The van der Waals surface area contributed by atoms with E-state index in [1.165, 1.54) is 6.20 Å². The highest BCUT2D eigenvalue weighted by atomic mass is 16.2. The summed E-state index contributed by atoms with van der Waals surface area (Å²) in [7, 11) is 3.79. The van der Waals surface area contributed by atoms with Gasteiger partial charge in [-0.15, -0.1) is 0 Å². The Balaban J connectivity index is 1.88. The van der Waals surface area contributed by atoms with E-state index in [0.717, 1.165) is 11.3 Å². The van der Waals surface area contributed by atoms with Crippen molar-refractivity contribution < 1.29 is 9.59 Å². The first-order chi connectivity index (χ1) is 11.1. The molecule has 3 rings (SSSR count). The van der Waals surface area contributed by atoms with E-state index in [2.05, 4.69) is 15.6 Å². The van der Waals surface area contributed by atoms with Crippen molar-refractivity contribution in [3.8, 4) is 0 Å². The molecule has 6 nitrogen and oxygen atoms in total. The normalized spacial score (nSPS) is 13.0. The van der Waals surface area contributed by atoms with E-state index in [4.69, 9.17) is 0 Å². The molecule has 118 valence electrons. The van der Waals surface area contributed by atoms with Crippen molar-refractivity contribution in [2.75, 3.05) is 30.9 Å². The van der Waals surface area contributed by atoms with Crippen LogP contribution in [0.2, 0.25) is 0 Å². The van der Waals surface area contributed by atoms with E-state index in [1.807, 2.05) is 25.1 Å². The van der Waals surface area contributed by atoms with Gasteiger partial charge in [0.25, 0.3) is 11.8 Å². The summed E-state index contributed by atoms with van der Waals surface area (Å²) in [5, 5.41) is 5.70. The molecule has 0 spiro atoms. The van der Waals surface area contributed by atoms with Crippen LogP contribution in [-0.4, -0.2) is 37.4 Å². The Bertz CT molecular complexity index is 771. The van der Waals surface area contributed by atoms with Crippen molar-refractivity contribution >= 4 is 23.2 Å². The number of anilines is 2. The molecule has 2 amide bonds. The van der Waals surface area contributed by atoms with Gasteiger partial charge in [-0.05, 0) is 30.2 Å². The van der Waals surface area contributed by atoms with Crippen LogP contribution in [0.25, 0.3) is 0 Å². The summed E-state index contributed by atoms with van der Waals surface area (Å²) < 4.78 is 0. The Morgan fingerprint density at radius 2 is 2.13 bits per heavy atom. The van der Waals surface area contributed by atoms with Gasteiger partial charge in [-0.1, -0.05) is 6.07 Å². The van der Waals surface area contributed by atoms with Crippen molar-refractivity contribution in [2.24, 2.45) is 0 Å². The van der Waals surface area contributed by atoms with Crippen LogP contribution in [0.15, 0.2) is 36.7 Å². The number of carbonyl (C=O) groups is 2. The van der Waals surface area contributed by atoms with Gasteiger partial charge >= 0.3 is 0 Å². The number of pyridine rings is 1. The zero-order chi connectivity index (χ0) is 16.4. The molecule has 1 aromatic heterocycles. The number of hydrogen-bond acceptors (Lipinski definition) is 4. The minimum Gasteiger partial charge on any atom is -0.376 e. The fraction of sp³-hybridized carbons (Fsp3) is 0.235. The van der Waals surface area contributed by atoms with E-state index in [9.17, 15) is 9.59 Å². The first kappa shape index (κ1) is 15.0. The van der Waals surface area contributed by atoms with Gasteiger partial charge in [-0.2, -0.15) is 0 Å². The fourth-order valence-electron chi connectivity index (χ4n) is 2.57. The predicted molar refractivity (Wildman–Crippen MR) is 89.0 cm³/mol. The molecule has 6 heteroatoms. The van der Waals surface area contributed by atoms with E-state index in [0.29, 0.717) is 29.8 Å². The fourth-order valence-corrected chi connectivity index (χ4v) is 2.57. The molecule has 0 atom stereocenters. The summed E-state index contributed by atoms with van der Waals surface area (Å²) in [6.07, 6.45) is 3.93. The van der Waals surface area contributed by atoms with Crippen molar-refractivity contribution in [3.05, 3.63) is 53.3 Å². The topological polar surface area (TPSA) is 74.3 Å². The molecular formula is C17H18N4O2. The number of carbonyl (C=O) groups excluding carboxylic acids is 2. The third kappa shape index (κ3) is 3.01. The second-order valence-corrected chi connectivity index (χ2v) is 5.62. The van der Waals surface area contributed by atoms with Gasteiger partial charge < -0.3 is 15.5 Å². The predicted octanol–water partition coefficient (Wildman–Crippen LogP) is 1.69. The number of rotatable bonds is 3. The quantitative estimate of drug-likeness (QED) is 0.904. The summed E-state index contributed by atoms with van der Waals surface area (Å²) in [6.45, 7) is 0.580. The highest BCUT2D eigenvalue weighted by molar-refractivity contribution is 6.06. The second kappa shape index (κ2) is 6.08. The maximum atomic E-state index is 12.5. The molecule has 2 heterocycles. The third-order valence-electron chi connectivity index (χ3n) is 3.83. The molecular weight excluding hydrogens is 292 g/mol. The Morgan fingerprint density at radius 3 is 2.91 bits per heavy atom. The molecule has 1 aliphatic heterocycles. The van der Waals surface area contributed by atoms with Crippen LogP contribution in [0.3, 0.4) is 0 Å². The van der Waals surface area contributed by atoms with Crippen LogP contribution in [0.1, 0.15) is 26.3 Å². The first-order valence-corrected chi connectivity index (χ1v) is 7.40. The lowest BCUT2D eigenvalue weighted by atomic mass is 9.98. The molecule has 0 saturated carbocycles. The summed E-state index contributed by atoms with van der Waals surface area (Å²) in [5.74, 6) is -0.334. The lowest BCUT2D eigenvalue weighted by Gasteiger charge is -2.20. The molecule has 23 heavy (non-hydrogen) atoms. The van der Waals surface area contributed by atoms with Crippen molar-refractivity contribution in [2.45, 2.75) is 6.42 Å². The van der Waals surface area contributed by atoms with Crippen molar-refractivity contribution in [3.63, 3.8) is 0 Å². The average molecular weight is 310 g/mol. The third-order valence-corrected chi connectivity index (χ3v) is 3.83. The Labute approximate surface area is 134 Å². The van der Waals surface area contributed by atoms with Crippen LogP contribution in [0.4, 0.5) is 11.4 Å². The first-order valence-electron chi connectivity index (χ1n) is 7.40. The molecule has 2 N–H and O–H groups in total. The Hall–Kier alpha value is -2.89. The largest absolute Gasteiger partial charge is 0.376 e. The summed E-state index contributed by atoms with van der Waals surface area (Å²) in [6, 6.07) is 7.14. The van der Waals surface area contributed by atoms with Gasteiger partial charge in [-0.3, -0.25) is 14.6 Å². The maximum Gasteiger partial charge on any atom is 0.257 e. The molecule has 0 bridgehead atoms. The monoisotopic (exact) mass is 310 g/mol. The molecule has 0 fully saturated rings. The smallest absolute Gasteiger partial charge is 0.257 e. The summed E-state index contributed by atoms with van der Waals surface area (Å²) >= 11 is 0. The number of nitrogens with zero attached hydrogens (tertiary/aromatic N) is 2.